The third-order valence-electron chi connectivity index (χ3n) is 4.17. The highest BCUT2D eigenvalue weighted by molar-refractivity contribution is 5.28. The van der Waals surface area contributed by atoms with E-state index in [0.717, 1.165) is 18.4 Å². The van der Waals surface area contributed by atoms with Crippen LogP contribution in [0.15, 0.2) is 18.2 Å². The van der Waals surface area contributed by atoms with Crippen LogP contribution >= 0.6 is 0 Å². The minimum atomic E-state index is -0.140. The van der Waals surface area contributed by atoms with Crippen molar-refractivity contribution in [3.8, 4) is 0 Å². The molecule has 0 bridgehead atoms. The molecule has 0 radical (unpaired) electrons. The van der Waals surface area contributed by atoms with E-state index in [-0.39, 0.29) is 17.3 Å². The van der Waals surface area contributed by atoms with Gasteiger partial charge in [-0.25, -0.2) is 4.39 Å². The van der Waals surface area contributed by atoms with Crippen molar-refractivity contribution in [2.75, 3.05) is 13.6 Å². The summed E-state index contributed by atoms with van der Waals surface area (Å²) in [6.45, 7) is 2.50. The van der Waals surface area contributed by atoms with Crippen molar-refractivity contribution in [3.63, 3.8) is 0 Å². The van der Waals surface area contributed by atoms with Crippen LogP contribution in [-0.2, 0) is 0 Å². The number of nitrogens with one attached hydrogen (secondary N) is 1. The summed E-state index contributed by atoms with van der Waals surface area (Å²) in [4.78, 5) is 0. The summed E-state index contributed by atoms with van der Waals surface area (Å²) in [5.74, 6) is -0.140. The quantitative estimate of drug-likeness (QED) is 0.843. The van der Waals surface area contributed by atoms with Crippen LogP contribution in [0.25, 0.3) is 0 Å². The van der Waals surface area contributed by atoms with Gasteiger partial charge in [0.2, 0.25) is 0 Å². The van der Waals surface area contributed by atoms with Gasteiger partial charge in [0, 0.05) is 11.5 Å². The van der Waals surface area contributed by atoms with E-state index >= 15 is 0 Å². The van der Waals surface area contributed by atoms with Crippen molar-refractivity contribution in [2.24, 2.45) is 11.1 Å². The lowest BCUT2D eigenvalue weighted by Crippen LogP contribution is -2.47. The fourth-order valence-corrected chi connectivity index (χ4v) is 2.92. The Morgan fingerprint density at radius 2 is 2.18 bits per heavy atom. The summed E-state index contributed by atoms with van der Waals surface area (Å²) in [6.07, 6.45) is 3.56. The number of hydrogen-bond donors (Lipinski definition) is 2. The number of nitrogens with two attached hydrogens (primary N) is 1. The summed E-state index contributed by atoms with van der Waals surface area (Å²) in [7, 11) is 1.96. The molecular weight excluding hydrogens is 215 g/mol. The number of aryl methyl sites for hydroxylation is 1. The first kappa shape index (κ1) is 12.5. The molecule has 0 aliphatic heterocycles. The molecule has 1 aliphatic carbocycles. The molecule has 1 aromatic rings. The topological polar surface area (TPSA) is 38.0 Å². The number of halogens is 1. The first-order chi connectivity index (χ1) is 8.13. The van der Waals surface area contributed by atoms with Gasteiger partial charge in [0.25, 0.3) is 0 Å². The monoisotopic (exact) mass is 236 g/mol. The molecule has 0 saturated heterocycles. The van der Waals surface area contributed by atoms with Crippen LogP contribution in [0.2, 0.25) is 0 Å². The van der Waals surface area contributed by atoms with Crippen LogP contribution in [0.3, 0.4) is 0 Å². The Balaban J connectivity index is 2.31. The summed E-state index contributed by atoms with van der Waals surface area (Å²) in [6, 6.07) is 5.60. The normalized spacial score (nSPS) is 19.8. The maximum absolute atomic E-state index is 13.3. The van der Waals surface area contributed by atoms with Crippen molar-refractivity contribution < 1.29 is 4.39 Å². The van der Waals surface area contributed by atoms with Crippen molar-refractivity contribution in [1.82, 2.24) is 5.32 Å². The SMILES string of the molecule is CNC(c1ccc(F)c(C)c1)C1(CN)CCC1. The maximum atomic E-state index is 13.3. The van der Waals surface area contributed by atoms with Crippen molar-refractivity contribution in [3.05, 3.63) is 35.1 Å². The zero-order valence-corrected chi connectivity index (χ0v) is 10.6. The molecule has 0 heterocycles. The maximum Gasteiger partial charge on any atom is 0.126 e. The van der Waals surface area contributed by atoms with Crippen LogP contribution in [0.1, 0.15) is 36.4 Å². The van der Waals surface area contributed by atoms with Crippen molar-refractivity contribution >= 4 is 0 Å². The van der Waals surface area contributed by atoms with Crippen molar-refractivity contribution in [2.45, 2.75) is 32.2 Å². The zero-order chi connectivity index (χ0) is 12.5. The summed E-state index contributed by atoms with van der Waals surface area (Å²) >= 11 is 0. The lowest BCUT2D eigenvalue weighted by Gasteiger charge is -2.47. The van der Waals surface area contributed by atoms with E-state index in [9.17, 15) is 4.39 Å². The van der Waals surface area contributed by atoms with Gasteiger partial charge in [0.15, 0.2) is 0 Å². The lowest BCUT2D eigenvalue weighted by atomic mass is 9.62. The van der Waals surface area contributed by atoms with E-state index in [1.807, 2.05) is 19.2 Å². The minimum Gasteiger partial charge on any atom is -0.330 e. The fraction of sp³-hybridized carbons (Fsp3) is 0.571. The average molecular weight is 236 g/mol. The van der Waals surface area contributed by atoms with Gasteiger partial charge in [0.05, 0.1) is 0 Å². The van der Waals surface area contributed by atoms with Gasteiger partial charge in [-0.1, -0.05) is 18.6 Å². The van der Waals surface area contributed by atoms with Crippen LogP contribution < -0.4 is 11.1 Å². The second kappa shape index (κ2) is 4.75. The third-order valence-corrected chi connectivity index (χ3v) is 4.17. The Morgan fingerprint density at radius 3 is 2.59 bits per heavy atom. The smallest absolute Gasteiger partial charge is 0.126 e. The van der Waals surface area contributed by atoms with Gasteiger partial charge in [-0.3, -0.25) is 0 Å². The standard InChI is InChI=1S/C14H21FN2/c1-10-8-11(4-5-12(10)15)13(17-2)14(9-16)6-3-7-14/h4-5,8,13,17H,3,6-7,9,16H2,1-2H3. The Kier molecular flexibility index (Phi) is 3.50. The van der Waals surface area contributed by atoms with Gasteiger partial charge >= 0.3 is 0 Å². The number of hydrogen-bond acceptors (Lipinski definition) is 2. The molecule has 1 aliphatic rings. The molecule has 0 amide bonds. The molecule has 94 valence electrons. The second-order valence-electron chi connectivity index (χ2n) is 5.15. The first-order valence-electron chi connectivity index (χ1n) is 6.26. The zero-order valence-electron chi connectivity index (χ0n) is 10.6. The van der Waals surface area contributed by atoms with Gasteiger partial charge in [-0.15, -0.1) is 0 Å². The molecular formula is C14H21FN2. The molecule has 0 spiro atoms. The molecule has 3 N–H and O–H groups in total. The Hall–Kier alpha value is -0.930. The van der Waals surface area contributed by atoms with Gasteiger partial charge in [-0.05, 0) is 50.6 Å². The highest BCUT2D eigenvalue weighted by Crippen LogP contribution is 2.49. The van der Waals surface area contributed by atoms with E-state index in [1.54, 1.807) is 13.0 Å². The third kappa shape index (κ3) is 2.09. The second-order valence-corrected chi connectivity index (χ2v) is 5.15. The fourth-order valence-electron chi connectivity index (χ4n) is 2.92. The summed E-state index contributed by atoms with van der Waals surface area (Å²) < 4.78 is 13.3. The minimum absolute atomic E-state index is 0.140. The van der Waals surface area contributed by atoms with E-state index in [1.165, 1.54) is 6.42 Å². The number of rotatable bonds is 4. The Labute approximate surface area is 102 Å². The predicted molar refractivity (Wildman–Crippen MR) is 68.3 cm³/mol. The molecule has 1 atom stereocenters. The van der Waals surface area contributed by atoms with Gasteiger partial charge in [-0.2, -0.15) is 0 Å². The highest BCUT2D eigenvalue weighted by Gasteiger charge is 2.42. The Morgan fingerprint density at radius 1 is 1.47 bits per heavy atom. The number of benzene rings is 1. The van der Waals surface area contributed by atoms with E-state index in [2.05, 4.69) is 5.32 Å². The lowest BCUT2D eigenvalue weighted by molar-refractivity contribution is 0.0879. The Bertz CT molecular complexity index is 394. The van der Waals surface area contributed by atoms with E-state index < -0.39 is 0 Å². The molecule has 1 fully saturated rings. The molecule has 17 heavy (non-hydrogen) atoms. The molecule has 2 rings (SSSR count). The van der Waals surface area contributed by atoms with Crippen molar-refractivity contribution in [1.29, 1.82) is 0 Å². The van der Waals surface area contributed by atoms with E-state index in [0.29, 0.717) is 12.1 Å². The molecule has 1 saturated carbocycles. The highest BCUT2D eigenvalue weighted by atomic mass is 19.1. The molecule has 1 unspecified atom stereocenters. The van der Waals surface area contributed by atoms with Gasteiger partial charge < -0.3 is 11.1 Å². The largest absolute Gasteiger partial charge is 0.330 e. The van der Waals surface area contributed by atoms with Crippen LogP contribution in [-0.4, -0.2) is 13.6 Å². The summed E-state index contributed by atoms with van der Waals surface area (Å²) in [5, 5.41) is 3.36. The van der Waals surface area contributed by atoms with E-state index in [4.69, 9.17) is 5.73 Å². The van der Waals surface area contributed by atoms with Crippen LogP contribution in [0, 0.1) is 18.2 Å². The van der Waals surface area contributed by atoms with Crippen LogP contribution in [0.4, 0.5) is 4.39 Å². The van der Waals surface area contributed by atoms with Crippen LogP contribution in [0.5, 0.6) is 0 Å². The average Bonchev–Trinajstić information content (AvgIpc) is 2.27. The summed E-state index contributed by atoms with van der Waals surface area (Å²) in [5.41, 5.74) is 7.95. The first-order valence-corrected chi connectivity index (χ1v) is 6.26. The molecule has 3 heteroatoms. The molecule has 0 aromatic heterocycles. The predicted octanol–water partition coefficient (Wildman–Crippen LogP) is 2.52. The molecule has 2 nitrogen and oxygen atoms in total. The molecule has 1 aromatic carbocycles. The van der Waals surface area contributed by atoms with Gasteiger partial charge in [0.1, 0.15) is 5.82 Å².